The lowest BCUT2D eigenvalue weighted by Crippen LogP contribution is -2.34. The van der Waals surface area contributed by atoms with E-state index in [1.807, 2.05) is 48.5 Å². The molecule has 1 saturated carbocycles. The number of carbonyl (C=O) groups excluding carboxylic acids is 1. The van der Waals surface area contributed by atoms with Crippen LogP contribution in [0.1, 0.15) is 53.2 Å². The average Bonchev–Trinajstić information content (AvgIpc) is 3.67. The molecule has 184 valence electrons. The van der Waals surface area contributed by atoms with Crippen LogP contribution in [0.2, 0.25) is 0 Å². The number of amides is 1. The molecule has 1 atom stereocenters. The van der Waals surface area contributed by atoms with Crippen molar-refractivity contribution >= 4 is 16.8 Å². The molecule has 1 unspecified atom stereocenters. The van der Waals surface area contributed by atoms with Crippen molar-refractivity contribution in [1.82, 2.24) is 20.8 Å². The Morgan fingerprint density at radius 1 is 1.00 bits per heavy atom. The first kappa shape index (κ1) is 22.8. The van der Waals surface area contributed by atoms with E-state index in [4.69, 9.17) is 4.74 Å². The second-order valence-electron chi connectivity index (χ2n) is 10.1. The zero-order valence-corrected chi connectivity index (χ0v) is 20.6. The van der Waals surface area contributed by atoms with Gasteiger partial charge in [0.05, 0.1) is 17.3 Å². The van der Waals surface area contributed by atoms with Crippen LogP contribution in [0.5, 0.6) is 5.75 Å². The molecule has 6 nitrogen and oxygen atoms in total. The SMILES string of the molecule is Cc1ccccc1C(NC(=O)c1ccc2[nH]nc(-c3ccc(OC4CCNCC4)cc3)c2c1)C1CC1. The second kappa shape index (κ2) is 9.78. The van der Waals surface area contributed by atoms with Crippen LogP contribution in [0.15, 0.2) is 66.7 Å². The molecular weight excluding hydrogens is 448 g/mol. The summed E-state index contributed by atoms with van der Waals surface area (Å²) < 4.78 is 6.15. The van der Waals surface area contributed by atoms with Gasteiger partial charge in [-0.1, -0.05) is 24.3 Å². The molecule has 1 amide bonds. The first-order chi connectivity index (χ1) is 17.7. The quantitative estimate of drug-likeness (QED) is 0.324. The molecule has 3 aromatic carbocycles. The Balaban J connectivity index is 1.23. The van der Waals surface area contributed by atoms with E-state index in [-0.39, 0.29) is 18.1 Å². The number of rotatable bonds is 7. The summed E-state index contributed by atoms with van der Waals surface area (Å²) >= 11 is 0. The van der Waals surface area contributed by atoms with Crippen LogP contribution in [-0.2, 0) is 0 Å². The lowest BCUT2D eigenvalue weighted by atomic mass is 9.97. The topological polar surface area (TPSA) is 79.0 Å². The number of aromatic nitrogens is 2. The second-order valence-corrected chi connectivity index (χ2v) is 10.1. The molecule has 3 N–H and O–H groups in total. The molecule has 0 spiro atoms. The van der Waals surface area contributed by atoms with Crippen LogP contribution in [0.25, 0.3) is 22.2 Å². The first-order valence-electron chi connectivity index (χ1n) is 13.0. The molecule has 1 aromatic heterocycles. The number of piperidine rings is 1. The monoisotopic (exact) mass is 480 g/mol. The van der Waals surface area contributed by atoms with Crippen molar-refractivity contribution in [2.24, 2.45) is 5.92 Å². The van der Waals surface area contributed by atoms with E-state index in [9.17, 15) is 4.79 Å². The molecule has 6 rings (SSSR count). The summed E-state index contributed by atoms with van der Waals surface area (Å²) in [4.78, 5) is 13.4. The van der Waals surface area contributed by atoms with Gasteiger partial charge >= 0.3 is 0 Å². The van der Waals surface area contributed by atoms with E-state index in [0.29, 0.717) is 11.5 Å². The lowest BCUT2D eigenvalue weighted by molar-refractivity contribution is 0.0931. The fourth-order valence-electron chi connectivity index (χ4n) is 5.21. The lowest BCUT2D eigenvalue weighted by Gasteiger charge is -2.23. The summed E-state index contributed by atoms with van der Waals surface area (Å²) in [7, 11) is 0. The molecule has 6 heteroatoms. The van der Waals surface area contributed by atoms with Gasteiger partial charge in [0.25, 0.3) is 5.91 Å². The molecule has 1 aliphatic heterocycles. The fourth-order valence-corrected chi connectivity index (χ4v) is 5.21. The Hall–Kier alpha value is -3.64. The largest absolute Gasteiger partial charge is 0.490 e. The van der Waals surface area contributed by atoms with Crippen molar-refractivity contribution in [3.8, 4) is 17.0 Å². The number of fused-ring (bicyclic) bond motifs is 1. The Morgan fingerprint density at radius 2 is 1.78 bits per heavy atom. The Labute approximate surface area is 211 Å². The van der Waals surface area contributed by atoms with E-state index in [1.54, 1.807) is 0 Å². The first-order valence-corrected chi connectivity index (χ1v) is 13.0. The zero-order chi connectivity index (χ0) is 24.5. The predicted molar refractivity (Wildman–Crippen MR) is 142 cm³/mol. The van der Waals surface area contributed by atoms with Crippen LogP contribution in [0.3, 0.4) is 0 Å². The highest BCUT2D eigenvalue weighted by Gasteiger charge is 2.34. The van der Waals surface area contributed by atoms with Gasteiger partial charge in [-0.05, 0) is 105 Å². The van der Waals surface area contributed by atoms with Gasteiger partial charge in [0, 0.05) is 16.5 Å². The highest BCUT2D eigenvalue weighted by atomic mass is 16.5. The number of nitrogens with zero attached hydrogens (tertiary/aromatic N) is 1. The number of aryl methyl sites for hydroxylation is 1. The van der Waals surface area contributed by atoms with Gasteiger partial charge in [0.1, 0.15) is 11.9 Å². The normalized spacial score (nSPS) is 17.1. The van der Waals surface area contributed by atoms with Crippen LogP contribution in [0.4, 0.5) is 0 Å². The standard InChI is InChI=1S/C30H32N4O2/c1-19-4-2-3-5-25(19)28(20-6-7-20)32-30(35)22-10-13-27-26(18-22)29(34-33-27)21-8-11-23(12-9-21)36-24-14-16-31-17-15-24/h2-5,8-13,18,20,24,28,31H,6-7,14-17H2,1H3,(H,32,35)(H,33,34). The van der Waals surface area contributed by atoms with Crippen molar-refractivity contribution in [1.29, 1.82) is 0 Å². The minimum Gasteiger partial charge on any atom is -0.490 e. The highest BCUT2D eigenvalue weighted by molar-refractivity contribution is 6.01. The predicted octanol–water partition coefficient (Wildman–Crippen LogP) is 5.55. The Bertz CT molecular complexity index is 1370. The van der Waals surface area contributed by atoms with Crippen LogP contribution in [-0.4, -0.2) is 35.3 Å². The summed E-state index contributed by atoms with van der Waals surface area (Å²) in [5.74, 6) is 1.34. The summed E-state index contributed by atoms with van der Waals surface area (Å²) in [6.45, 7) is 4.12. The molecule has 2 aliphatic rings. The summed E-state index contributed by atoms with van der Waals surface area (Å²) in [6.07, 6.45) is 4.64. The summed E-state index contributed by atoms with van der Waals surface area (Å²) in [6, 6.07) is 22.3. The highest BCUT2D eigenvalue weighted by Crippen LogP contribution is 2.42. The van der Waals surface area contributed by atoms with Crippen molar-refractivity contribution < 1.29 is 9.53 Å². The Morgan fingerprint density at radius 3 is 2.53 bits per heavy atom. The number of nitrogens with one attached hydrogen (secondary N) is 3. The molecule has 0 bridgehead atoms. The number of hydrogen-bond acceptors (Lipinski definition) is 4. The van der Waals surface area contributed by atoms with Crippen molar-refractivity contribution in [3.05, 3.63) is 83.4 Å². The average molecular weight is 481 g/mol. The van der Waals surface area contributed by atoms with Crippen molar-refractivity contribution in [3.63, 3.8) is 0 Å². The maximum absolute atomic E-state index is 13.4. The third-order valence-corrected chi connectivity index (χ3v) is 7.45. The van der Waals surface area contributed by atoms with E-state index in [2.05, 4.69) is 46.0 Å². The van der Waals surface area contributed by atoms with E-state index >= 15 is 0 Å². The number of H-pyrrole nitrogens is 1. The van der Waals surface area contributed by atoms with Crippen molar-refractivity contribution in [2.45, 2.75) is 44.8 Å². The molecule has 2 heterocycles. The van der Waals surface area contributed by atoms with Crippen LogP contribution in [0, 0.1) is 12.8 Å². The minimum atomic E-state index is -0.0464. The maximum atomic E-state index is 13.4. The van der Waals surface area contributed by atoms with Gasteiger partial charge in [0.15, 0.2) is 0 Å². The van der Waals surface area contributed by atoms with Gasteiger partial charge in [-0.25, -0.2) is 0 Å². The molecule has 36 heavy (non-hydrogen) atoms. The van der Waals surface area contributed by atoms with Gasteiger partial charge < -0.3 is 15.4 Å². The molecule has 4 aromatic rings. The Kier molecular flexibility index (Phi) is 6.20. The van der Waals surface area contributed by atoms with E-state index in [1.165, 1.54) is 11.1 Å². The fraction of sp³-hybridized carbons (Fsp3) is 0.333. The van der Waals surface area contributed by atoms with Gasteiger partial charge in [-0.3, -0.25) is 9.89 Å². The van der Waals surface area contributed by atoms with Gasteiger partial charge in [-0.2, -0.15) is 5.10 Å². The number of hydrogen-bond donors (Lipinski definition) is 3. The molecular formula is C30H32N4O2. The van der Waals surface area contributed by atoms with Gasteiger partial charge in [0.2, 0.25) is 0 Å². The van der Waals surface area contributed by atoms with Crippen LogP contribution < -0.4 is 15.4 Å². The molecule has 2 fully saturated rings. The third kappa shape index (κ3) is 4.73. The van der Waals surface area contributed by atoms with Gasteiger partial charge in [-0.15, -0.1) is 0 Å². The zero-order valence-electron chi connectivity index (χ0n) is 20.6. The number of carbonyl (C=O) groups is 1. The number of ether oxygens (including phenoxy) is 1. The number of aromatic amines is 1. The smallest absolute Gasteiger partial charge is 0.251 e. The van der Waals surface area contributed by atoms with E-state index in [0.717, 1.165) is 66.7 Å². The van der Waals surface area contributed by atoms with Crippen LogP contribution >= 0.6 is 0 Å². The van der Waals surface area contributed by atoms with Crippen molar-refractivity contribution in [2.75, 3.05) is 13.1 Å². The maximum Gasteiger partial charge on any atom is 0.251 e. The molecule has 1 saturated heterocycles. The summed E-state index contributed by atoms with van der Waals surface area (Å²) in [5.41, 5.74) is 5.82. The molecule has 0 radical (unpaired) electrons. The number of benzene rings is 3. The van der Waals surface area contributed by atoms with E-state index < -0.39 is 0 Å². The minimum absolute atomic E-state index is 0.0464. The summed E-state index contributed by atoms with van der Waals surface area (Å²) in [5, 5.41) is 15.3. The molecule has 1 aliphatic carbocycles. The third-order valence-electron chi connectivity index (χ3n) is 7.45.